The Morgan fingerprint density at radius 1 is 1.24 bits per heavy atom. The minimum atomic E-state index is -4.76. The van der Waals surface area contributed by atoms with E-state index in [0.717, 1.165) is 0 Å². The predicted octanol–water partition coefficient (Wildman–Crippen LogP) is -0.208. The van der Waals surface area contributed by atoms with Gasteiger partial charge in [-0.2, -0.15) is 13.2 Å². The third kappa shape index (κ3) is 3.09. The van der Waals surface area contributed by atoms with Crippen LogP contribution in [0, 0.1) is 5.92 Å². The second kappa shape index (κ2) is 6.07. The van der Waals surface area contributed by atoms with Crippen molar-refractivity contribution in [2.45, 2.75) is 30.7 Å². The average molecular weight is 434 g/mol. The molecule has 0 saturated carbocycles. The average Bonchev–Trinajstić information content (AvgIpc) is 2.62. The van der Waals surface area contributed by atoms with Crippen molar-refractivity contribution in [1.29, 1.82) is 0 Å². The molecule has 8 heteroatoms. The van der Waals surface area contributed by atoms with Gasteiger partial charge >= 0.3 is 26.6 Å². The Morgan fingerprint density at radius 2 is 1.86 bits per heavy atom. The van der Waals surface area contributed by atoms with Gasteiger partial charge in [-0.15, -0.1) is 0 Å². The maximum atomic E-state index is 13.8. The van der Waals surface area contributed by atoms with Crippen LogP contribution in [0.15, 0.2) is 34.1 Å². The molecule has 118 valence electrons. The van der Waals surface area contributed by atoms with Crippen LogP contribution in [0.1, 0.15) is 25.8 Å². The highest BCUT2D eigenvalue weighted by molar-refractivity contribution is 8.34. The van der Waals surface area contributed by atoms with E-state index < -0.39 is 36.9 Å². The van der Waals surface area contributed by atoms with E-state index in [1.165, 1.54) is 18.2 Å². The smallest absolute Gasteiger partial charge is 0.395 e. The third-order valence-corrected chi connectivity index (χ3v) is 8.45. The van der Waals surface area contributed by atoms with Crippen LogP contribution in [0.4, 0.5) is 13.2 Å². The van der Waals surface area contributed by atoms with Gasteiger partial charge in [-0.3, -0.25) is 0 Å². The minimum Gasteiger partial charge on any atom is -0.395 e. The van der Waals surface area contributed by atoms with E-state index in [1.54, 1.807) is 26.0 Å². The Hall–Kier alpha value is -0.290. The number of rotatable bonds is 4. The van der Waals surface area contributed by atoms with Crippen LogP contribution in [0.5, 0.6) is 0 Å². The fraction of sp³-hybridized carbons (Fsp3) is 0.385. The van der Waals surface area contributed by atoms with Crippen molar-refractivity contribution in [2.75, 3.05) is 0 Å². The van der Waals surface area contributed by atoms with Gasteiger partial charge in [0.15, 0.2) is 0 Å². The molecule has 2 rings (SSSR count). The van der Waals surface area contributed by atoms with Crippen LogP contribution < -0.4 is 27.9 Å². The van der Waals surface area contributed by atoms with E-state index in [4.69, 9.17) is 0 Å². The van der Waals surface area contributed by atoms with Crippen molar-refractivity contribution >= 4 is 16.4 Å². The lowest BCUT2D eigenvalue weighted by Crippen LogP contribution is -3.98. The first-order valence-electron chi connectivity index (χ1n) is 6.13. The number of hydrogen-bond donors (Lipinski definition) is 0. The molecule has 1 atom stereocenters. The standard InChI is InChI=1S/C13H14F3IO3S/c1-9(2)7-11-8-10-5-3-4-6-12(10)21(11,13(14,15)16)20-17(18)19/h3-6,8-9H,7H2,1-2H3. The molecule has 0 aliphatic carbocycles. The summed E-state index contributed by atoms with van der Waals surface area (Å²) in [6.07, 6.45) is 1.57. The van der Waals surface area contributed by atoms with Gasteiger partial charge in [0.1, 0.15) is 10.3 Å². The lowest BCUT2D eigenvalue weighted by molar-refractivity contribution is -1.62. The fourth-order valence-electron chi connectivity index (χ4n) is 2.30. The second-order valence-corrected chi connectivity index (χ2v) is 9.82. The zero-order chi connectivity index (χ0) is 15.8. The van der Waals surface area contributed by atoms with Gasteiger partial charge in [0.05, 0.1) is 0 Å². The van der Waals surface area contributed by atoms with Crippen molar-refractivity contribution in [2.24, 2.45) is 5.92 Å². The van der Waals surface area contributed by atoms with Crippen LogP contribution in [-0.2, 0) is 2.51 Å². The Labute approximate surface area is 131 Å². The topological polar surface area (TPSA) is 55.3 Å². The first-order chi connectivity index (χ1) is 9.68. The van der Waals surface area contributed by atoms with Gasteiger partial charge < -0.3 is 6.87 Å². The van der Waals surface area contributed by atoms with E-state index in [-0.39, 0.29) is 22.1 Å². The molecule has 1 heterocycles. The number of benzene rings is 1. The van der Waals surface area contributed by atoms with E-state index in [9.17, 15) is 20.0 Å². The van der Waals surface area contributed by atoms with E-state index in [1.807, 2.05) is 0 Å². The quantitative estimate of drug-likeness (QED) is 0.617. The Morgan fingerprint density at radius 3 is 2.38 bits per heavy atom. The molecule has 3 nitrogen and oxygen atoms in total. The molecule has 21 heavy (non-hydrogen) atoms. The summed E-state index contributed by atoms with van der Waals surface area (Å²) in [7, 11) is -3.97. The summed E-state index contributed by atoms with van der Waals surface area (Å²) >= 11 is -4.53. The van der Waals surface area contributed by atoms with Gasteiger partial charge in [-0.05, 0) is 30.0 Å². The summed E-state index contributed by atoms with van der Waals surface area (Å²) in [6, 6.07) is 5.95. The third-order valence-electron chi connectivity index (χ3n) is 3.00. The van der Waals surface area contributed by atoms with Gasteiger partial charge in [-0.25, -0.2) is 0 Å². The molecule has 0 bridgehead atoms. The number of allylic oxidation sites excluding steroid dienone is 1. The number of hydrogen-bond acceptors (Lipinski definition) is 3. The van der Waals surface area contributed by atoms with E-state index >= 15 is 0 Å². The molecule has 0 fully saturated rings. The lowest BCUT2D eigenvalue weighted by atomic mass is 10.1. The molecule has 0 saturated heterocycles. The summed E-state index contributed by atoms with van der Waals surface area (Å²) in [6.45, 7) is 3.57. The van der Waals surface area contributed by atoms with Crippen LogP contribution in [0.2, 0.25) is 0 Å². The molecule has 1 aromatic rings. The zero-order valence-corrected chi connectivity index (χ0v) is 14.3. The molecule has 1 unspecified atom stereocenters. The SMILES string of the molecule is CC(C)CC1=Cc2ccccc2S1(O[I+2]([O-])[O-])C(F)(F)F. The molecule has 0 radical (unpaired) electrons. The summed E-state index contributed by atoms with van der Waals surface area (Å²) in [5, 5.41) is 0. The molecule has 1 aliphatic rings. The molecular weight excluding hydrogens is 420 g/mol. The highest BCUT2D eigenvalue weighted by Gasteiger charge is 2.64. The molecular formula is C13H14F3IO3S. The van der Waals surface area contributed by atoms with Crippen LogP contribution in [-0.4, -0.2) is 5.51 Å². The molecule has 1 aromatic carbocycles. The fourth-order valence-corrected chi connectivity index (χ4v) is 8.30. The number of fused-ring (bicyclic) bond motifs is 1. The maximum absolute atomic E-state index is 13.8. The Bertz CT molecular complexity index is 560. The number of alkyl halides is 3. The Balaban J connectivity index is 2.64. The van der Waals surface area contributed by atoms with Crippen molar-refractivity contribution in [3.05, 3.63) is 34.7 Å². The highest BCUT2D eigenvalue weighted by Crippen LogP contribution is 2.76. The minimum absolute atomic E-state index is 0.0280. The highest BCUT2D eigenvalue weighted by atomic mass is 127. The van der Waals surface area contributed by atoms with E-state index in [0.29, 0.717) is 5.56 Å². The monoisotopic (exact) mass is 434 g/mol. The van der Waals surface area contributed by atoms with Crippen molar-refractivity contribution in [3.63, 3.8) is 0 Å². The lowest BCUT2D eigenvalue weighted by Gasteiger charge is -2.34. The van der Waals surface area contributed by atoms with Gasteiger partial charge in [0.25, 0.3) is 0 Å². The molecule has 0 aromatic heterocycles. The largest absolute Gasteiger partial charge is 0.520 e. The molecule has 0 spiro atoms. The van der Waals surface area contributed by atoms with Crippen molar-refractivity contribution in [3.8, 4) is 0 Å². The first-order valence-corrected chi connectivity index (χ1v) is 10.3. The van der Waals surface area contributed by atoms with Crippen molar-refractivity contribution in [1.82, 2.24) is 0 Å². The second-order valence-electron chi connectivity index (χ2n) is 5.00. The summed E-state index contributed by atoms with van der Waals surface area (Å²) in [5.41, 5.74) is -4.37. The molecule has 0 amide bonds. The zero-order valence-electron chi connectivity index (χ0n) is 11.3. The van der Waals surface area contributed by atoms with Gasteiger partial charge in [-0.1, -0.05) is 32.0 Å². The molecule has 0 N–H and O–H groups in total. The Kier molecular flexibility index (Phi) is 4.94. The summed E-state index contributed by atoms with van der Waals surface area (Å²) in [4.78, 5) is -0.0395. The van der Waals surface area contributed by atoms with Crippen molar-refractivity contribution < 1.29 is 43.6 Å². The van der Waals surface area contributed by atoms with Crippen LogP contribution in [0.25, 0.3) is 6.08 Å². The maximum Gasteiger partial charge on any atom is 0.520 e. The summed E-state index contributed by atoms with van der Waals surface area (Å²) in [5.74, 6) is -0.0380. The molecule has 1 aliphatic heterocycles. The van der Waals surface area contributed by atoms with Crippen LogP contribution in [0.3, 0.4) is 0 Å². The van der Waals surface area contributed by atoms with Gasteiger partial charge in [0.2, 0.25) is 0 Å². The van der Waals surface area contributed by atoms with Gasteiger partial charge in [0, 0.05) is 12.3 Å². The number of halogens is 4. The summed E-state index contributed by atoms with van der Waals surface area (Å²) < 4.78 is 68.1. The predicted molar refractivity (Wildman–Crippen MR) is 66.9 cm³/mol. The van der Waals surface area contributed by atoms with Crippen LogP contribution >= 0.6 is 10.3 Å². The first kappa shape index (κ1) is 17.1. The van der Waals surface area contributed by atoms with E-state index in [2.05, 4.69) is 2.51 Å². The normalized spacial score (nSPS) is 24.9.